The van der Waals surface area contributed by atoms with E-state index in [1.54, 1.807) is 0 Å². The molecule has 0 fully saturated rings. The van der Waals surface area contributed by atoms with E-state index < -0.39 is 10.0 Å². The van der Waals surface area contributed by atoms with Gasteiger partial charge < -0.3 is 0 Å². The second-order valence-electron chi connectivity index (χ2n) is 5.53. The molecule has 118 valence electrons. The Morgan fingerprint density at radius 3 is 2.27 bits per heavy atom. The van der Waals surface area contributed by atoms with Crippen LogP contribution in [0.15, 0.2) is 54.6 Å². The van der Waals surface area contributed by atoms with Crippen LogP contribution in [-0.2, 0) is 22.2 Å². The van der Waals surface area contributed by atoms with Gasteiger partial charge >= 0.3 is 0 Å². The van der Waals surface area contributed by atoms with Crippen LogP contribution in [0.3, 0.4) is 0 Å². The van der Waals surface area contributed by atoms with Crippen LogP contribution >= 0.6 is 0 Å². The lowest BCUT2D eigenvalue weighted by molar-refractivity contribution is 0.536. The van der Waals surface area contributed by atoms with Crippen molar-refractivity contribution in [2.24, 2.45) is 5.92 Å². The Morgan fingerprint density at radius 1 is 1.00 bits per heavy atom. The van der Waals surface area contributed by atoms with Crippen LogP contribution in [0.4, 0.5) is 4.39 Å². The molecule has 2 rings (SSSR count). The van der Waals surface area contributed by atoms with Gasteiger partial charge in [-0.3, -0.25) is 0 Å². The molecule has 0 amide bonds. The average Bonchev–Trinajstić information content (AvgIpc) is 2.49. The van der Waals surface area contributed by atoms with Crippen molar-refractivity contribution in [3.8, 4) is 0 Å². The van der Waals surface area contributed by atoms with Gasteiger partial charge in [-0.25, -0.2) is 17.5 Å². The zero-order chi connectivity index (χ0) is 16.0. The zero-order valence-corrected chi connectivity index (χ0v) is 13.3. The maximum absolute atomic E-state index is 12.8. The van der Waals surface area contributed by atoms with Gasteiger partial charge in [0.25, 0.3) is 0 Å². The van der Waals surface area contributed by atoms with Gasteiger partial charge in [-0.2, -0.15) is 0 Å². The molecule has 0 heterocycles. The van der Waals surface area contributed by atoms with Crippen molar-refractivity contribution in [1.82, 2.24) is 4.72 Å². The molecule has 1 atom stereocenters. The van der Waals surface area contributed by atoms with Gasteiger partial charge in [0.2, 0.25) is 10.0 Å². The summed E-state index contributed by atoms with van der Waals surface area (Å²) in [6, 6.07) is 15.5. The molecule has 2 aromatic carbocycles. The quantitative estimate of drug-likeness (QED) is 0.851. The number of nitrogens with one attached hydrogen (secondary N) is 1. The maximum atomic E-state index is 12.8. The molecule has 0 bridgehead atoms. The van der Waals surface area contributed by atoms with Crippen molar-refractivity contribution in [3.63, 3.8) is 0 Å². The first-order chi connectivity index (χ1) is 10.4. The molecular weight excluding hydrogens is 301 g/mol. The Kier molecular flexibility index (Phi) is 5.69. The third kappa shape index (κ3) is 5.58. The predicted molar refractivity (Wildman–Crippen MR) is 86.3 cm³/mol. The molecule has 2 aromatic rings. The highest BCUT2D eigenvalue weighted by atomic mass is 32.2. The minimum atomic E-state index is -3.41. The van der Waals surface area contributed by atoms with Crippen molar-refractivity contribution in [2.75, 3.05) is 6.54 Å². The van der Waals surface area contributed by atoms with E-state index in [2.05, 4.69) is 4.72 Å². The highest BCUT2D eigenvalue weighted by Gasteiger charge is 2.13. The number of sulfonamides is 1. The smallest absolute Gasteiger partial charge is 0.215 e. The maximum Gasteiger partial charge on any atom is 0.215 e. The molecule has 0 radical (unpaired) electrons. The molecule has 0 unspecified atom stereocenters. The van der Waals surface area contributed by atoms with Gasteiger partial charge in [0, 0.05) is 6.54 Å². The Labute approximate surface area is 131 Å². The molecule has 1 N–H and O–H groups in total. The van der Waals surface area contributed by atoms with Crippen molar-refractivity contribution in [3.05, 3.63) is 71.5 Å². The summed E-state index contributed by atoms with van der Waals surface area (Å²) in [6.45, 7) is 2.39. The Bertz CT molecular complexity index is 684. The first kappa shape index (κ1) is 16.6. The summed E-state index contributed by atoms with van der Waals surface area (Å²) in [5.41, 5.74) is 1.76. The van der Waals surface area contributed by atoms with Gasteiger partial charge in [-0.15, -0.1) is 0 Å². The number of rotatable bonds is 7. The van der Waals surface area contributed by atoms with Crippen LogP contribution in [-0.4, -0.2) is 15.0 Å². The molecule has 0 aliphatic heterocycles. The molecule has 3 nitrogen and oxygen atoms in total. The predicted octanol–water partition coefficient (Wildman–Crippen LogP) is 3.12. The highest BCUT2D eigenvalue weighted by Crippen LogP contribution is 2.10. The molecule has 5 heteroatoms. The van der Waals surface area contributed by atoms with E-state index in [9.17, 15) is 12.8 Å². The molecular formula is C17H20FNO2S. The van der Waals surface area contributed by atoms with Crippen molar-refractivity contribution >= 4 is 10.0 Å². The number of benzene rings is 2. The number of hydrogen-bond donors (Lipinski definition) is 1. The third-order valence-corrected chi connectivity index (χ3v) is 4.67. The Balaban J connectivity index is 1.85. The average molecular weight is 321 g/mol. The Hall–Kier alpha value is -1.72. The second-order valence-corrected chi connectivity index (χ2v) is 7.34. The standard InChI is InChI=1S/C17H20FNO2S/c1-14(11-15-5-3-2-4-6-15)12-19-22(20,21)13-16-7-9-17(18)10-8-16/h2-10,14,19H,11-13H2,1H3/t14-/m0/s1. The van der Waals surface area contributed by atoms with Crippen LogP contribution in [0.5, 0.6) is 0 Å². The largest absolute Gasteiger partial charge is 0.215 e. The van der Waals surface area contributed by atoms with Gasteiger partial charge in [0.05, 0.1) is 5.75 Å². The fourth-order valence-corrected chi connectivity index (χ4v) is 3.48. The SMILES string of the molecule is C[C@H](CNS(=O)(=O)Cc1ccc(F)cc1)Cc1ccccc1. The van der Waals surface area contributed by atoms with E-state index in [4.69, 9.17) is 0 Å². The van der Waals surface area contributed by atoms with E-state index in [1.165, 1.54) is 29.8 Å². The summed E-state index contributed by atoms with van der Waals surface area (Å²) in [5.74, 6) is -0.304. The molecule has 0 aromatic heterocycles. The first-order valence-corrected chi connectivity index (χ1v) is 8.85. The van der Waals surface area contributed by atoms with E-state index in [-0.39, 0.29) is 17.5 Å². The lowest BCUT2D eigenvalue weighted by atomic mass is 10.0. The van der Waals surface area contributed by atoms with E-state index in [1.807, 2.05) is 37.3 Å². The summed E-state index contributed by atoms with van der Waals surface area (Å²) < 4.78 is 39.5. The van der Waals surface area contributed by atoms with E-state index in [0.29, 0.717) is 12.1 Å². The zero-order valence-electron chi connectivity index (χ0n) is 12.5. The van der Waals surface area contributed by atoms with E-state index >= 15 is 0 Å². The fraction of sp³-hybridized carbons (Fsp3) is 0.294. The van der Waals surface area contributed by atoms with Crippen LogP contribution in [0.2, 0.25) is 0 Å². The van der Waals surface area contributed by atoms with Crippen LogP contribution < -0.4 is 4.72 Å². The summed E-state index contributed by atoms with van der Waals surface area (Å²) in [7, 11) is -3.41. The topological polar surface area (TPSA) is 46.2 Å². The van der Waals surface area contributed by atoms with Crippen LogP contribution in [0.1, 0.15) is 18.1 Å². The molecule has 0 aliphatic carbocycles. The number of halogens is 1. The van der Waals surface area contributed by atoms with Gasteiger partial charge in [-0.1, -0.05) is 49.4 Å². The first-order valence-electron chi connectivity index (χ1n) is 7.20. The lowest BCUT2D eigenvalue weighted by Gasteiger charge is -2.13. The highest BCUT2D eigenvalue weighted by molar-refractivity contribution is 7.88. The normalized spacial score (nSPS) is 13.0. The summed E-state index contributed by atoms with van der Waals surface area (Å²) in [4.78, 5) is 0. The Morgan fingerprint density at radius 2 is 1.64 bits per heavy atom. The van der Waals surface area contributed by atoms with Crippen molar-refractivity contribution < 1.29 is 12.8 Å². The molecule has 0 saturated carbocycles. The molecule has 0 saturated heterocycles. The lowest BCUT2D eigenvalue weighted by Crippen LogP contribution is -2.30. The van der Waals surface area contributed by atoms with Gasteiger partial charge in [0.15, 0.2) is 0 Å². The van der Waals surface area contributed by atoms with E-state index in [0.717, 1.165) is 6.42 Å². The van der Waals surface area contributed by atoms with Gasteiger partial charge in [0.1, 0.15) is 5.82 Å². The number of hydrogen-bond acceptors (Lipinski definition) is 2. The minimum Gasteiger partial charge on any atom is -0.215 e. The monoisotopic (exact) mass is 321 g/mol. The van der Waals surface area contributed by atoms with Crippen molar-refractivity contribution in [2.45, 2.75) is 19.1 Å². The summed E-state index contributed by atoms with van der Waals surface area (Å²) in [6.07, 6.45) is 0.819. The fourth-order valence-electron chi connectivity index (χ4n) is 2.21. The third-order valence-electron chi connectivity index (χ3n) is 3.35. The molecule has 0 aliphatic rings. The van der Waals surface area contributed by atoms with Gasteiger partial charge in [-0.05, 0) is 35.6 Å². The summed E-state index contributed by atoms with van der Waals surface area (Å²) in [5, 5.41) is 0. The van der Waals surface area contributed by atoms with Crippen LogP contribution in [0.25, 0.3) is 0 Å². The molecule has 0 spiro atoms. The minimum absolute atomic E-state index is 0.134. The second kappa shape index (κ2) is 7.51. The van der Waals surface area contributed by atoms with Crippen molar-refractivity contribution in [1.29, 1.82) is 0 Å². The summed E-state index contributed by atoms with van der Waals surface area (Å²) >= 11 is 0. The molecule has 22 heavy (non-hydrogen) atoms. The van der Waals surface area contributed by atoms with Crippen LogP contribution in [0, 0.1) is 11.7 Å².